The van der Waals surface area contributed by atoms with Crippen LogP contribution < -0.4 is 0 Å². The highest BCUT2D eigenvalue weighted by Crippen LogP contribution is 2.24. The topological polar surface area (TPSA) is 27.7 Å². The fourth-order valence-electron chi connectivity index (χ4n) is 2.25. The summed E-state index contributed by atoms with van der Waals surface area (Å²) < 4.78 is 18.2. The summed E-state index contributed by atoms with van der Waals surface area (Å²) in [5, 5.41) is 0. The minimum atomic E-state index is -2.52. The number of alkyl halides is 1. The minimum Gasteiger partial charge on any atom is -0.374 e. The van der Waals surface area contributed by atoms with Crippen LogP contribution in [0.15, 0.2) is 24.3 Å². The van der Waals surface area contributed by atoms with Crippen LogP contribution in [0.3, 0.4) is 0 Å². The van der Waals surface area contributed by atoms with E-state index in [-0.39, 0.29) is 0 Å². The Balaban J connectivity index is 2.70. The van der Waals surface area contributed by atoms with Gasteiger partial charge in [0, 0.05) is 29.8 Å². The Labute approximate surface area is 143 Å². The van der Waals surface area contributed by atoms with Crippen molar-refractivity contribution in [1.82, 2.24) is 0 Å². The summed E-state index contributed by atoms with van der Waals surface area (Å²) in [6.07, 6.45) is 0.933. The second-order valence-electron chi connectivity index (χ2n) is 4.84. The molecule has 1 unspecified atom stereocenters. The maximum absolute atomic E-state index is 5.89. The van der Waals surface area contributed by atoms with Crippen LogP contribution in [0, 0.1) is 0 Å². The lowest BCUT2D eigenvalue weighted by Crippen LogP contribution is -2.46. The van der Waals surface area contributed by atoms with Crippen LogP contribution in [0.5, 0.6) is 0 Å². The molecular formula is C16H27IO3Si. The summed E-state index contributed by atoms with van der Waals surface area (Å²) in [5.74, 6) is 0. The quantitative estimate of drug-likeness (QED) is 0.309. The normalized spacial score (nSPS) is 13.4. The first-order valence-electron chi connectivity index (χ1n) is 7.71. The van der Waals surface area contributed by atoms with E-state index in [0.29, 0.717) is 23.7 Å². The number of halogens is 1. The smallest absolute Gasteiger partial charge is 0.374 e. The minimum absolute atomic E-state index is 0.542. The lowest BCUT2D eigenvalue weighted by atomic mass is 10.1. The highest BCUT2D eigenvalue weighted by atomic mass is 127. The average molecular weight is 422 g/mol. The summed E-state index contributed by atoms with van der Waals surface area (Å²) in [6.45, 7) is 10.1. The predicted molar refractivity (Wildman–Crippen MR) is 98.0 cm³/mol. The van der Waals surface area contributed by atoms with Crippen LogP contribution in [-0.2, 0) is 19.7 Å². The van der Waals surface area contributed by atoms with Crippen molar-refractivity contribution in [3.05, 3.63) is 35.4 Å². The third kappa shape index (κ3) is 6.36. The Kier molecular flexibility index (Phi) is 9.04. The Bertz CT molecular complexity index is 378. The van der Waals surface area contributed by atoms with Gasteiger partial charge in [-0.2, -0.15) is 0 Å². The Morgan fingerprint density at radius 2 is 1.43 bits per heavy atom. The van der Waals surface area contributed by atoms with E-state index < -0.39 is 8.80 Å². The van der Waals surface area contributed by atoms with Gasteiger partial charge in [0.15, 0.2) is 0 Å². The summed E-state index contributed by atoms with van der Waals surface area (Å²) in [5.41, 5.74) is 2.68. The number of benzene rings is 1. The van der Waals surface area contributed by atoms with Crippen LogP contribution in [0.2, 0.25) is 6.04 Å². The van der Waals surface area contributed by atoms with E-state index in [0.717, 1.165) is 12.5 Å². The molecule has 0 bridgehead atoms. The molecule has 1 aromatic carbocycles. The van der Waals surface area contributed by atoms with Crippen LogP contribution in [-0.4, -0.2) is 28.6 Å². The van der Waals surface area contributed by atoms with E-state index in [1.54, 1.807) is 0 Å². The standard InChI is InChI=1S/C16H27IO3Si/c1-5-18-21(19-6-2,20-7-3)13-12-15-8-10-16(11-9-15)14(4)17/h8-11,14H,5-7,12-13H2,1-4H3. The highest BCUT2D eigenvalue weighted by Gasteiger charge is 2.39. The van der Waals surface area contributed by atoms with Gasteiger partial charge in [-0.25, -0.2) is 0 Å². The predicted octanol–water partition coefficient (Wildman–Crippen LogP) is 4.77. The second kappa shape index (κ2) is 9.94. The van der Waals surface area contributed by atoms with E-state index >= 15 is 0 Å². The highest BCUT2D eigenvalue weighted by molar-refractivity contribution is 14.1. The van der Waals surface area contributed by atoms with Crippen molar-refractivity contribution in [2.75, 3.05) is 19.8 Å². The molecular weight excluding hydrogens is 395 g/mol. The molecule has 0 saturated carbocycles. The number of rotatable bonds is 10. The van der Waals surface area contributed by atoms with E-state index in [1.165, 1.54) is 11.1 Å². The summed E-state index contributed by atoms with van der Waals surface area (Å²) in [4.78, 5) is 0. The molecule has 0 spiro atoms. The van der Waals surface area contributed by atoms with Gasteiger partial charge < -0.3 is 13.3 Å². The zero-order chi connectivity index (χ0) is 15.7. The zero-order valence-corrected chi connectivity index (χ0v) is 16.7. The largest absolute Gasteiger partial charge is 0.501 e. The van der Waals surface area contributed by atoms with Gasteiger partial charge in [-0.1, -0.05) is 46.9 Å². The van der Waals surface area contributed by atoms with Gasteiger partial charge in [0.2, 0.25) is 0 Å². The van der Waals surface area contributed by atoms with E-state index in [4.69, 9.17) is 13.3 Å². The zero-order valence-electron chi connectivity index (χ0n) is 13.5. The van der Waals surface area contributed by atoms with Crippen molar-refractivity contribution < 1.29 is 13.3 Å². The molecule has 1 rings (SSSR count). The summed E-state index contributed by atoms with van der Waals surface area (Å²) >= 11 is 2.43. The molecule has 1 aromatic rings. The van der Waals surface area contributed by atoms with Crippen LogP contribution >= 0.6 is 22.6 Å². The summed E-state index contributed by atoms with van der Waals surface area (Å²) in [6, 6.07) is 9.65. The average Bonchev–Trinajstić information content (AvgIpc) is 2.46. The molecule has 1 atom stereocenters. The van der Waals surface area contributed by atoms with E-state index in [2.05, 4.69) is 53.8 Å². The lowest BCUT2D eigenvalue weighted by Gasteiger charge is -2.28. The monoisotopic (exact) mass is 422 g/mol. The second-order valence-corrected chi connectivity index (χ2v) is 9.44. The van der Waals surface area contributed by atoms with Crippen molar-refractivity contribution in [3.63, 3.8) is 0 Å². The van der Waals surface area contributed by atoms with Gasteiger partial charge in [0.25, 0.3) is 0 Å². The van der Waals surface area contributed by atoms with Crippen LogP contribution in [0.4, 0.5) is 0 Å². The van der Waals surface area contributed by atoms with Gasteiger partial charge in [-0.15, -0.1) is 0 Å². The molecule has 0 aromatic heterocycles. The van der Waals surface area contributed by atoms with Crippen LogP contribution in [0.25, 0.3) is 0 Å². The molecule has 0 aliphatic carbocycles. The van der Waals surface area contributed by atoms with Gasteiger partial charge in [-0.3, -0.25) is 0 Å². The van der Waals surface area contributed by atoms with Crippen LogP contribution in [0.1, 0.15) is 42.7 Å². The Morgan fingerprint density at radius 1 is 0.952 bits per heavy atom. The fraction of sp³-hybridized carbons (Fsp3) is 0.625. The maximum Gasteiger partial charge on any atom is 0.501 e. The maximum atomic E-state index is 5.89. The SMILES string of the molecule is CCO[Si](CCc1ccc(C(C)I)cc1)(OCC)OCC. The Hall–Kier alpha value is 0.0469. The first-order chi connectivity index (χ1) is 10.1. The van der Waals surface area contributed by atoms with Crippen molar-refractivity contribution >= 4 is 31.4 Å². The molecule has 0 N–H and O–H groups in total. The number of aryl methyl sites for hydroxylation is 1. The lowest BCUT2D eigenvalue weighted by molar-refractivity contribution is 0.0714. The molecule has 120 valence electrons. The molecule has 0 radical (unpaired) electrons. The van der Waals surface area contributed by atoms with E-state index in [1.807, 2.05) is 20.8 Å². The molecule has 0 amide bonds. The van der Waals surface area contributed by atoms with E-state index in [9.17, 15) is 0 Å². The molecule has 21 heavy (non-hydrogen) atoms. The van der Waals surface area contributed by atoms with Crippen molar-refractivity contribution in [2.24, 2.45) is 0 Å². The third-order valence-corrected chi connectivity index (χ3v) is 7.02. The number of hydrogen-bond donors (Lipinski definition) is 0. The first kappa shape index (κ1) is 19.1. The first-order valence-corrected chi connectivity index (χ1v) is 10.9. The molecule has 3 nitrogen and oxygen atoms in total. The van der Waals surface area contributed by atoms with Gasteiger partial charge in [0.1, 0.15) is 0 Å². The van der Waals surface area contributed by atoms with Crippen molar-refractivity contribution in [1.29, 1.82) is 0 Å². The third-order valence-electron chi connectivity index (χ3n) is 3.25. The van der Waals surface area contributed by atoms with Gasteiger partial charge in [-0.05, 0) is 45.2 Å². The molecule has 5 heteroatoms. The molecule has 0 saturated heterocycles. The molecule has 0 aliphatic heterocycles. The Morgan fingerprint density at radius 3 is 1.81 bits per heavy atom. The molecule has 0 heterocycles. The van der Waals surface area contributed by atoms with Gasteiger partial charge in [0.05, 0.1) is 0 Å². The molecule has 0 fully saturated rings. The number of hydrogen-bond acceptors (Lipinski definition) is 3. The van der Waals surface area contributed by atoms with Gasteiger partial charge >= 0.3 is 8.80 Å². The molecule has 0 aliphatic rings. The summed E-state index contributed by atoms with van der Waals surface area (Å²) in [7, 11) is -2.52. The fourth-order valence-corrected chi connectivity index (χ4v) is 5.26. The van der Waals surface area contributed by atoms with Crippen molar-refractivity contribution in [2.45, 2.75) is 44.1 Å². The van der Waals surface area contributed by atoms with Crippen molar-refractivity contribution in [3.8, 4) is 0 Å².